The molecule has 0 fully saturated rings. The lowest BCUT2D eigenvalue weighted by Crippen LogP contribution is -2.15. The van der Waals surface area contributed by atoms with Crippen molar-refractivity contribution in [3.63, 3.8) is 0 Å². The zero-order valence-corrected chi connectivity index (χ0v) is 19.7. The van der Waals surface area contributed by atoms with Crippen LogP contribution in [0.5, 0.6) is 5.75 Å². The fourth-order valence-electron chi connectivity index (χ4n) is 3.34. The molecular weight excluding hydrogens is 448 g/mol. The molecule has 4 rings (SSSR count). The van der Waals surface area contributed by atoms with Gasteiger partial charge in [0, 0.05) is 35.1 Å². The van der Waals surface area contributed by atoms with E-state index < -0.39 is 0 Å². The molecule has 34 heavy (non-hydrogen) atoms. The van der Waals surface area contributed by atoms with E-state index in [2.05, 4.69) is 51.8 Å². The number of carbonyl (C=O) groups is 2. The summed E-state index contributed by atoms with van der Waals surface area (Å²) >= 11 is 1.52. The van der Waals surface area contributed by atoms with Gasteiger partial charge in [0.25, 0.3) is 5.91 Å². The fraction of sp³-hybridized carbons (Fsp3) is 0.154. The lowest BCUT2D eigenvalue weighted by molar-refractivity contribution is -0.115. The fourth-order valence-corrected chi connectivity index (χ4v) is 4.16. The van der Waals surface area contributed by atoms with E-state index in [-0.39, 0.29) is 18.2 Å². The Morgan fingerprint density at radius 2 is 1.88 bits per heavy atom. The van der Waals surface area contributed by atoms with Crippen molar-refractivity contribution in [2.45, 2.75) is 19.8 Å². The number of methoxy groups -OCH3 is 1. The Hall–Kier alpha value is -4.04. The van der Waals surface area contributed by atoms with Crippen LogP contribution in [-0.4, -0.2) is 28.9 Å². The van der Waals surface area contributed by atoms with E-state index in [0.717, 1.165) is 17.0 Å². The van der Waals surface area contributed by atoms with Crippen molar-refractivity contribution >= 4 is 34.5 Å². The highest BCUT2D eigenvalue weighted by Crippen LogP contribution is 2.29. The summed E-state index contributed by atoms with van der Waals surface area (Å²) in [5, 5.41) is 8.46. The first-order chi connectivity index (χ1) is 16.6. The monoisotopic (exact) mass is 472 g/mol. The molecule has 2 N–H and O–H groups in total. The molecule has 2 amide bonds. The maximum atomic E-state index is 12.6. The van der Waals surface area contributed by atoms with Crippen LogP contribution in [0.25, 0.3) is 10.6 Å². The maximum Gasteiger partial charge on any atom is 0.257 e. The van der Waals surface area contributed by atoms with Crippen LogP contribution in [-0.2, 0) is 17.6 Å². The molecule has 172 valence electrons. The van der Waals surface area contributed by atoms with Crippen molar-refractivity contribution in [3.05, 3.63) is 89.2 Å². The Morgan fingerprint density at radius 1 is 1.06 bits per heavy atom. The standard InChI is InChI=1S/C26H24N4O3S/c1-3-17-6-8-18(9-7-17)26-29-21(16-34-26)14-24(31)28-20-10-11-22(23(13-20)33-2)30-25(32)19-5-4-12-27-15-19/h4-13,15-16H,3,14H2,1-2H3,(H,28,31)(H,30,32). The first-order valence-corrected chi connectivity index (χ1v) is 11.7. The molecule has 0 spiro atoms. The van der Waals surface area contributed by atoms with Crippen LogP contribution in [0.4, 0.5) is 11.4 Å². The Morgan fingerprint density at radius 3 is 2.59 bits per heavy atom. The molecule has 7 nitrogen and oxygen atoms in total. The number of nitrogens with one attached hydrogen (secondary N) is 2. The summed E-state index contributed by atoms with van der Waals surface area (Å²) in [5.41, 5.74) is 4.52. The number of amides is 2. The van der Waals surface area contributed by atoms with Gasteiger partial charge >= 0.3 is 0 Å². The van der Waals surface area contributed by atoms with Crippen LogP contribution in [0.1, 0.15) is 28.5 Å². The van der Waals surface area contributed by atoms with E-state index in [1.807, 2.05) is 5.38 Å². The van der Waals surface area contributed by atoms with Gasteiger partial charge in [0.15, 0.2) is 0 Å². The molecule has 0 aliphatic rings. The maximum absolute atomic E-state index is 12.6. The molecule has 0 atom stereocenters. The van der Waals surface area contributed by atoms with Gasteiger partial charge < -0.3 is 15.4 Å². The van der Waals surface area contributed by atoms with E-state index in [0.29, 0.717) is 28.4 Å². The predicted molar refractivity (Wildman–Crippen MR) is 134 cm³/mol. The SMILES string of the molecule is CCc1ccc(-c2nc(CC(=O)Nc3ccc(NC(=O)c4cccnc4)c(OC)c3)cs2)cc1. The zero-order valence-electron chi connectivity index (χ0n) is 18.9. The van der Waals surface area contributed by atoms with E-state index in [1.165, 1.54) is 30.2 Å². The molecule has 4 aromatic rings. The second-order valence-corrected chi connectivity index (χ2v) is 8.39. The van der Waals surface area contributed by atoms with Gasteiger partial charge in [-0.25, -0.2) is 4.98 Å². The average Bonchev–Trinajstić information content (AvgIpc) is 3.33. The number of pyridine rings is 1. The molecule has 2 aromatic carbocycles. The van der Waals surface area contributed by atoms with Crippen LogP contribution >= 0.6 is 11.3 Å². The second kappa shape index (κ2) is 10.7. The van der Waals surface area contributed by atoms with E-state index in [9.17, 15) is 9.59 Å². The van der Waals surface area contributed by atoms with Gasteiger partial charge in [0.05, 0.1) is 30.5 Å². The lowest BCUT2D eigenvalue weighted by Gasteiger charge is -2.12. The molecule has 0 saturated heterocycles. The number of hydrogen-bond donors (Lipinski definition) is 2. The number of anilines is 2. The van der Waals surface area contributed by atoms with Crippen molar-refractivity contribution in [2.24, 2.45) is 0 Å². The molecule has 0 radical (unpaired) electrons. The van der Waals surface area contributed by atoms with Crippen LogP contribution in [0.3, 0.4) is 0 Å². The quantitative estimate of drug-likeness (QED) is 0.367. The first kappa shape index (κ1) is 23.1. The molecule has 0 bridgehead atoms. The summed E-state index contributed by atoms with van der Waals surface area (Å²) in [6, 6.07) is 16.7. The Balaban J connectivity index is 1.39. The number of ether oxygens (including phenoxy) is 1. The van der Waals surface area contributed by atoms with Crippen LogP contribution in [0, 0.1) is 0 Å². The van der Waals surface area contributed by atoms with Gasteiger partial charge in [0.2, 0.25) is 5.91 Å². The van der Waals surface area contributed by atoms with Gasteiger partial charge in [-0.3, -0.25) is 14.6 Å². The molecule has 2 heterocycles. The largest absolute Gasteiger partial charge is 0.494 e. The predicted octanol–water partition coefficient (Wildman–Crippen LogP) is 5.21. The number of nitrogens with zero attached hydrogens (tertiary/aromatic N) is 2. The van der Waals surface area contributed by atoms with Gasteiger partial charge in [-0.05, 0) is 36.2 Å². The van der Waals surface area contributed by atoms with Crippen molar-refractivity contribution in [2.75, 3.05) is 17.7 Å². The lowest BCUT2D eigenvalue weighted by atomic mass is 10.1. The van der Waals surface area contributed by atoms with Crippen molar-refractivity contribution in [3.8, 4) is 16.3 Å². The number of carbonyl (C=O) groups excluding carboxylic acids is 2. The van der Waals surface area contributed by atoms with Crippen molar-refractivity contribution in [1.82, 2.24) is 9.97 Å². The molecule has 8 heteroatoms. The van der Waals surface area contributed by atoms with Gasteiger partial charge in [-0.1, -0.05) is 31.2 Å². The highest BCUT2D eigenvalue weighted by Gasteiger charge is 2.13. The summed E-state index contributed by atoms with van der Waals surface area (Å²) < 4.78 is 5.40. The van der Waals surface area contributed by atoms with Crippen LogP contribution in [0.2, 0.25) is 0 Å². The minimum atomic E-state index is -0.299. The van der Waals surface area contributed by atoms with E-state index >= 15 is 0 Å². The summed E-state index contributed by atoms with van der Waals surface area (Å²) in [7, 11) is 1.50. The van der Waals surface area contributed by atoms with E-state index in [1.54, 1.807) is 36.5 Å². The normalized spacial score (nSPS) is 10.5. The van der Waals surface area contributed by atoms with E-state index in [4.69, 9.17) is 4.74 Å². The third kappa shape index (κ3) is 5.65. The van der Waals surface area contributed by atoms with Gasteiger partial charge in [0.1, 0.15) is 10.8 Å². The summed E-state index contributed by atoms with van der Waals surface area (Å²) in [5.74, 6) is -0.0549. The third-order valence-corrected chi connectivity index (χ3v) is 6.10. The number of rotatable bonds is 8. The Labute approximate surface area is 201 Å². The van der Waals surface area contributed by atoms with Crippen molar-refractivity contribution < 1.29 is 14.3 Å². The smallest absolute Gasteiger partial charge is 0.257 e. The minimum absolute atomic E-state index is 0.158. The van der Waals surface area contributed by atoms with Crippen molar-refractivity contribution in [1.29, 1.82) is 0 Å². The molecule has 0 unspecified atom stereocenters. The number of aryl methyl sites for hydroxylation is 1. The summed E-state index contributed by atoms with van der Waals surface area (Å²) in [6.45, 7) is 2.12. The molecule has 2 aromatic heterocycles. The van der Waals surface area contributed by atoms with Crippen LogP contribution < -0.4 is 15.4 Å². The number of hydrogen-bond acceptors (Lipinski definition) is 6. The second-order valence-electron chi connectivity index (χ2n) is 7.53. The summed E-state index contributed by atoms with van der Waals surface area (Å²) in [6.07, 6.45) is 4.24. The molecular formula is C26H24N4O3S. The zero-order chi connectivity index (χ0) is 23.9. The number of thiazole rings is 1. The molecule has 0 aliphatic heterocycles. The Kier molecular flexibility index (Phi) is 7.29. The third-order valence-electron chi connectivity index (χ3n) is 5.16. The van der Waals surface area contributed by atoms with Crippen LogP contribution in [0.15, 0.2) is 72.4 Å². The number of aromatic nitrogens is 2. The van der Waals surface area contributed by atoms with Gasteiger partial charge in [-0.2, -0.15) is 0 Å². The topological polar surface area (TPSA) is 93.2 Å². The minimum Gasteiger partial charge on any atom is -0.494 e. The number of benzene rings is 2. The summed E-state index contributed by atoms with van der Waals surface area (Å²) in [4.78, 5) is 33.6. The average molecular weight is 473 g/mol. The molecule has 0 aliphatic carbocycles. The first-order valence-electron chi connectivity index (χ1n) is 10.8. The highest BCUT2D eigenvalue weighted by atomic mass is 32.1. The van der Waals surface area contributed by atoms with Gasteiger partial charge in [-0.15, -0.1) is 11.3 Å². The molecule has 0 saturated carbocycles. The Bertz CT molecular complexity index is 1290. The highest BCUT2D eigenvalue weighted by molar-refractivity contribution is 7.13.